The van der Waals surface area contributed by atoms with Crippen molar-refractivity contribution >= 4 is 0 Å². The van der Waals surface area contributed by atoms with E-state index in [1.54, 1.807) is 7.11 Å². The van der Waals surface area contributed by atoms with Crippen LogP contribution in [0.15, 0.2) is 24.3 Å². The van der Waals surface area contributed by atoms with Gasteiger partial charge in [-0.15, -0.1) is 0 Å². The second-order valence-electron chi connectivity index (χ2n) is 4.74. The molecule has 2 atom stereocenters. The van der Waals surface area contributed by atoms with Crippen LogP contribution >= 0.6 is 0 Å². The molecule has 20 heavy (non-hydrogen) atoms. The standard InChI is InChI=1S/C15H28N4O/c1-6-14(12-8-7-9-13(10-12)20-5)15(16-2)11-19(17-3)18-4/h7-10,14-18H,6,11H2,1-5H3. The summed E-state index contributed by atoms with van der Waals surface area (Å²) >= 11 is 0. The van der Waals surface area contributed by atoms with Gasteiger partial charge < -0.3 is 10.1 Å². The van der Waals surface area contributed by atoms with Gasteiger partial charge in [0.25, 0.3) is 0 Å². The molecule has 114 valence electrons. The maximum absolute atomic E-state index is 5.33. The van der Waals surface area contributed by atoms with Gasteiger partial charge >= 0.3 is 0 Å². The van der Waals surface area contributed by atoms with E-state index >= 15 is 0 Å². The van der Waals surface area contributed by atoms with Gasteiger partial charge in [0.2, 0.25) is 0 Å². The van der Waals surface area contributed by atoms with Crippen LogP contribution in [0.4, 0.5) is 0 Å². The largest absolute Gasteiger partial charge is 0.497 e. The van der Waals surface area contributed by atoms with Crippen LogP contribution in [0, 0.1) is 0 Å². The first-order valence-electron chi connectivity index (χ1n) is 7.13. The quantitative estimate of drug-likeness (QED) is 0.596. The molecule has 0 saturated carbocycles. The molecule has 0 aliphatic heterocycles. The van der Waals surface area contributed by atoms with Crippen molar-refractivity contribution in [2.75, 3.05) is 34.8 Å². The van der Waals surface area contributed by atoms with E-state index < -0.39 is 0 Å². The Hall–Kier alpha value is -1.14. The van der Waals surface area contributed by atoms with E-state index in [0.717, 1.165) is 18.7 Å². The first-order chi connectivity index (χ1) is 9.69. The summed E-state index contributed by atoms with van der Waals surface area (Å²) in [7, 11) is 7.54. The Bertz CT molecular complexity index is 382. The van der Waals surface area contributed by atoms with Crippen molar-refractivity contribution < 1.29 is 4.74 Å². The van der Waals surface area contributed by atoms with Gasteiger partial charge in [0.15, 0.2) is 0 Å². The summed E-state index contributed by atoms with van der Waals surface area (Å²) in [5.74, 6) is 1.34. The van der Waals surface area contributed by atoms with Crippen LogP contribution in [0.5, 0.6) is 5.75 Å². The summed E-state index contributed by atoms with van der Waals surface area (Å²) < 4.78 is 5.33. The molecule has 0 spiro atoms. The van der Waals surface area contributed by atoms with Crippen LogP contribution in [0.3, 0.4) is 0 Å². The fourth-order valence-electron chi connectivity index (χ4n) is 2.54. The maximum Gasteiger partial charge on any atom is 0.119 e. The molecule has 1 rings (SSSR count). The molecule has 5 heteroatoms. The molecule has 0 saturated heterocycles. The van der Waals surface area contributed by atoms with Gasteiger partial charge in [0, 0.05) is 32.6 Å². The molecule has 1 aromatic carbocycles. The highest BCUT2D eigenvalue weighted by atomic mass is 16.5. The van der Waals surface area contributed by atoms with E-state index in [-0.39, 0.29) is 0 Å². The maximum atomic E-state index is 5.33. The van der Waals surface area contributed by atoms with Crippen LogP contribution in [0.25, 0.3) is 0 Å². The SMILES string of the molecule is CCC(c1cccc(OC)c1)C(CN(NC)NC)NC. The molecule has 5 nitrogen and oxygen atoms in total. The number of nitrogens with one attached hydrogen (secondary N) is 3. The molecule has 0 radical (unpaired) electrons. The number of hydrogen-bond donors (Lipinski definition) is 3. The Morgan fingerprint density at radius 3 is 2.40 bits per heavy atom. The number of hydrogen-bond acceptors (Lipinski definition) is 5. The number of methoxy groups -OCH3 is 1. The van der Waals surface area contributed by atoms with Gasteiger partial charge in [-0.1, -0.05) is 19.1 Å². The summed E-state index contributed by atoms with van der Waals surface area (Å²) in [6.45, 7) is 3.08. The van der Waals surface area contributed by atoms with Gasteiger partial charge in [-0.05, 0) is 31.2 Å². The van der Waals surface area contributed by atoms with Crippen LogP contribution in [-0.4, -0.2) is 46.0 Å². The molecular formula is C15H28N4O. The lowest BCUT2D eigenvalue weighted by Gasteiger charge is -2.31. The van der Waals surface area contributed by atoms with Crippen LogP contribution < -0.4 is 20.9 Å². The Morgan fingerprint density at radius 1 is 1.20 bits per heavy atom. The Balaban J connectivity index is 2.89. The molecule has 2 unspecified atom stereocenters. The molecule has 0 aromatic heterocycles. The summed E-state index contributed by atoms with van der Waals surface area (Å²) in [6.07, 6.45) is 1.07. The fraction of sp³-hybridized carbons (Fsp3) is 0.600. The predicted octanol–water partition coefficient (Wildman–Crippen LogP) is 1.35. The highest BCUT2D eigenvalue weighted by molar-refractivity contribution is 5.31. The fourth-order valence-corrected chi connectivity index (χ4v) is 2.54. The van der Waals surface area contributed by atoms with Crippen molar-refractivity contribution in [3.63, 3.8) is 0 Å². The van der Waals surface area contributed by atoms with Crippen LogP contribution in [0.2, 0.25) is 0 Å². The van der Waals surface area contributed by atoms with Crippen LogP contribution in [0.1, 0.15) is 24.8 Å². The Morgan fingerprint density at radius 2 is 1.90 bits per heavy atom. The minimum Gasteiger partial charge on any atom is -0.497 e. The average Bonchev–Trinajstić information content (AvgIpc) is 2.51. The zero-order valence-electron chi connectivity index (χ0n) is 13.2. The van der Waals surface area contributed by atoms with E-state index in [1.165, 1.54) is 5.56 Å². The highest BCUT2D eigenvalue weighted by Crippen LogP contribution is 2.26. The molecule has 0 fully saturated rings. The zero-order chi connectivity index (χ0) is 15.0. The monoisotopic (exact) mass is 280 g/mol. The number of nitrogens with zero attached hydrogens (tertiary/aromatic N) is 1. The molecule has 0 bridgehead atoms. The van der Waals surface area contributed by atoms with Gasteiger partial charge in [0.1, 0.15) is 5.75 Å². The lowest BCUT2D eigenvalue weighted by Crippen LogP contribution is -2.52. The van der Waals surface area contributed by atoms with Crippen molar-refractivity contribution in [2.24, 2.45) is 0 Å². The van der Waals surface area contributed by atoms with Crippen molar-refractivity contribution in [3.8, 4) is 5.75 Å². The summed E-state index contributed by atoms with van der Waals surface area (Å²) in [5.41, 5.74) is 7.56. The third-order valence-electron chi connectivity index (χ3n) is 3.74. The molecule has 0 aliphatic carbocycles. The average molecular weight is 280 g/mol. The Labute approximate surface area is 122 Å². The lowest BCUT2D eigenvalue weighted by atomic mass is 9.89. The lowest BCUT2D eigenvalue weighted by molar-refractivity contribution is 0.122. The van der Waals surface area contributed by atoms with Crippen molar-refractivity contribution in [1.29, 1.82) is 0 Å². The van der Waals surface area contributed by atoms with E-state index in [0.29, 0.717) is 12.0 Å². The molecular weight excluding hydrogens is 252 g/mol. The van der Waals surface area contributed by atoms with Crippen molar-refractivity contribution in [3.05, 3.63) is 29.8 Å². The number of rotatable bonds is 9. The molecule has 0 heterocycles. The zero-order valence-corrected chi connectivity index (χ0v) is 13.2. The van der Waals surface area contributed by atoms with Gasteiger partial charge in [-0.2, -0.15) is 5.12 Å². The van der Waals surface area contributed by atoms with Gasteiger partial charge in [-0.3, -0.25) is 0 Å². The third-order valence-corrected chi connectivity index (χ3v) is 3.74. The minimum absolute atomic E-state index is 0.340. The predicted molar refractivity (Wildman–Crippen MR) is 83.7 cm³/mol. The second kappa shape index (κ2) is 8.92. The number of hydrazine groups is 2. The second-order valence-corrected chi connectivity index (χ2v) is 4.74. The first-order valence-corrected chi connectivity index (χ1v) is 7.13. The highest BCUT2D eigenvalue weighted by Gasteiger charge is 2.22. The normalized spacial score (nSPS) is 14.3. The summed E-state index contributed by atoms with van der Waals surface area (Å²) in [5, 5.41) is 5.40. The molecule has 0 aliphatic rings. The number of likely N-dealkylation sites (N-methyl/N-ethyl adjacent to an activating group) is 1. The summed E-state index contributed by atoms with van der Waals surface area (Å²) in [6, 6.07) is 8.67. The Kier molecular flexibility index (Phi) is 7.54. The minimum atomic E-state index is 0.340. The van der Waals surface area contributed by atoms with E-state index in [4.69, 9.17) is 4.74 Å². The van der Waals surface area contributed by atoms with Crippen molar-refractivity contribution in [1.82, 2.24) is 21.3 Å². The van der Waals surface area contributed by atoms with Gasteiger partial charge in [-0.25, -0.2) is 10.9 Å². The first kappa shape index (κ1) is 16.9. The molecule has 3 N–H and O–H groups in total. The van der Waals surface area contributed by atoms with Crippen molar-refractivity contribution in [2.45, 2.75) is 25.3 Å². The third kappa shape index (κ3) is 4.45. The molecule has 1 aromatic rings. The van der Waals surface area contributed by atoms with Gasteiger partial charge in [0.05, 0.1) is 7.11 Å². The smallest absolute Gasteiger partial charge is 0.119 e. The number of benzene rings is 1. The van der Waals surface area contributed by atoms with E-state index in [2.05, 4.69) is 41.3 Å². The van der Waals surface area contributed by atoms with E-state index in [9.17, 15) is 0 Å². The molecule has 0 amide bonds. The van der Waals surface area contributed by atoms with E-state index in [1.807, 2.05) is 32.3 Å². The summed E-state index contributed by atoms with van der Waals surface area (Å²) in [4.78, 5) is 0. The van der Waals surface area contributed by atoms with Crippen LogP contribution in [-0.2, 0) is 0 Å². The number of ether oxygens (including phenoxy) is 1. The topological polar surface area (TPSA) is 48.6 Å².